The number of likely N-dealkylation sites (tertiary alicyclic amines) is 1. The number of hydrogen-bond acceptors (Lipinski definition) is 4. The lowest BCUT2D eigenvalue weighted by Crippen LogP contribution is -2.55. The smallest absolute Gasteiger partial charge is 0.251 e. The van der Waals surface area contributed by atoms with E-state index in [4.69, 9.17) is 10.5 Å². The molecular weight excluding hydrogens is 342 g/mol. The number of nitrogens with zero attached hydrogens (tertiary/aromatic N) is 1. The Balaban J connectivity index is 0.00000312. The Bertz CT molecular complexity index is 577. The predicted molar refractivity (Wildman–Crippen MR) is 100 cm³/mol. The fourth-order valence-corrected chi connectivity index (χ4v) is 2.89. The normalized spacial score (nSPS) is 18.3. The Morgan fingerprint density at radius 1 is 1.28 bits per heavy atom. The van der Waals surface area contributed by atoms with Gasteiger partial charge in [-0.15, -0.1) is 12.4 Å². The summed E-state index contributed by atoms with van der Waals surface area (Å²) in [6.07, 6.45) is 1.85. The largest absolute Gasteiger partial charge is 0.497 e. The van der Waals surface area contributed by atoms with Crippen molar-refractivity contribution in [3.8, 4) is 5.75 Å². The molecular formula is C18H28ClN3O3. The van der Waals surface area contributed by atoms with E-state index < -0.39 is 6.04 Å². The summed E-state index contributed by atoms with van der Waals surface area (Å²) in [6, 6.07) is 6.30. The molecule has 2 rings (SSSR count). The molecule has 7 heteroatoms. The number of amides is 2. The van der Waals surface area contributed by atoms with Gasteiger partial charge in [-0.25, -0.2) is 0 Å². The molecule has 1 fully saturated rings. The molecule has 0 aromatic heterocycles. The first-order valence-electron chi connectivity index (χ1n) is 8.41. The van der Waals surface area contributed by atoms with Crippen LogP contribution in [0.15, 0.2) is 24.3 Å². The summed E-state index contributed by atoms with van der Waals surface area (Å²) < 4.78 is 5.09. The molecule has 1 aromatic rings. The van der Waals surface area contributed by atoms with E-state index in [-0.39, 0.29) is 36.2 Å². The van der Waals surface area contributed by atoms with Crippen molar-refractivity contribution in [1.82, 2.24) is 10.2 Å². The first kappa shape index (κ1) is 21.3. The van der Waals surface area contributed by atoms with Gasteiger partial charge in [0.15, 0.2) is 0 Å². The molecule has 0 aliphatic carbocycles. The molecule has 0 spiro atoms. The van der Waals surface area contributed by atoms with Crippen LogP contribution < -0.4 is 15.8 Å². The highest BCUT2D eigenvalue weighted by Gasteiger charge is 2.31. The van der Waals surface area contributed by atoms with E-state index in [1.807, 2.05) is 13.8 Å². The number of nitrogens with two attached hydrogens (primary N) is 1. The zero-order chi connectivity index (χ0) is 17.7. The molecule has 140 valence electrons. The number of halogens is 1. The molecule has 6 nitrogen and oxygen atoms in total. The molecule has 25 heavy (non-hydrogen) atoms. The number of rotatable bonds is 5. The van der Waals surface area contributed by atoms with Crippen molar-refractivity contribution in [3.63, 3.8) is 0 Å². The Kier molecular flexibility index (Phi) is 8.19. The third-order valence-corrected chi connectivity index (χ3v) is 4.34. The SMILES string of the molecule is COc1ccc(C(=O)NC(C(=O)N2CCCC(N)C2)C(C)C)cc1.Cl. The van der Waals surface area contributed by atoms with Crippen molar-refractivity contribution < 1.29 is 14.3 Å². The van der Waals surface area contributed by atoms with Gasteiger partial charge in [0, 0.05) is 24.7 Å². The van der Waals surface area contributed by atoms with Crippen LogP contribution >= 0.6 is 12.4 Å². The van der Waals surface area contributed by atoms with Crippen molar-refractivity contribution >= 4 is 24.2 Å². The molecule has 2 amide bonds. The van der Waals surface area contributed by atoms with Gasteiger partial charge in [0.2, 0.25) is 5.91 Å². The van der Waals surface area contributed by atoms with Crippen LogP contribution in [0.1, 0.15) is 37.0 Å². The lowest BCUT2D eigenvalue weighted by Gasteiger charge is -2.34. The Morgan fingerprint density at radius 3 is 2.44 bits per heavy atom. The van der Waals surface area contributed by atoms with Crippen molar-refractivity contribution in [2.45, 2.75) is 38.8 Å². The number of piperidine rings is 1. The Labute approximate surface area is 155 Å². The Morgan fingerprint density at radius 2 is 1.92 bits per heavy atom. The lowest BCUT2D eigenvalue weighted by atomic mass is 9.99. The fourth-order valence-electron chi connectivity index (χ4n) is 2.89. The lowest BCUT2D eigenvalue weighted by molar-refractivity contribution is -0.135. The number of hydrogen-bond donors (Lipinski definition) is 2. The van der Waals surface area contributed by atoms with Crippen molar-refractivity contribution in [2.75, 3.05) is 20.2 Å². The summed E-state index contributed by atoms with van der Waals surface area (Å²) in [5, 5.41) is 2.87. The molecule has 1 saturated heterocycles. The van der Waals surface area contributed by atoms with Crippen LogP contribution in [0.5, 0.6) is 5.75 Å². The fraction of sp³-hybridized carbons (Fsp3) is 0.556. The molecule has 0 saturated carbocycles. The average Bonchev–Trinajstić information content (AvgIpc) is 2.58. The second kappa shape index (κ2) is 9.63. The number of methoxy groups -OCH3 is 1. The first-order valence-corrected chi connectivity index (χ1v) is 8.41. The number of carbonyl (C=O) groups is 2. The minimum atomic E-state index is -0.551. The van der Waals surface area contributed by atoms with E-state index in [0.29, 0.717) is 24.4 Å². The monoisotopic (exact) mass is 369 g/mol. The van der Waals surface area contributed by atoms with Crippen LogP contribution in [-0.4, -0.2) is 49.0 Å². The molecule has 1 aliphatic rings. The van der Waals surface area contributed by atoms with Gasteiger partial charge < -0.3 is 20.7 Å². The van der Waals surface area contributed by atoms with Gasteiger partial charge in [-0.2, -0.15) is 0 Å². The van der Waals surface area contributed by atoms with E-state index in [1.165, 1.54) is 0 Å². The highest BCUT2D eigenvalue weighted by molar-refractivity contribution is 5.97. The van der Waals surface area contributed by atoms with Crippen LogP contribution in [0.3, 0.4) is 0 Å². The van der Waals surface area contributed by atoms with E-state index in [9.17, 15) is 9.59 Å². The maximum Gasteiger partial charge on any atom is 0.251 e. The van der Waals surface area contributed by atoms with Crippen LogP contribution in [0.4, 0.5) is 0 Å². The zero-order valence-corrected chi connectivity index (χ0v) is 15.8. The van der Waals surface area contributed by atoms with E-state index in [1.54, 1.807) is 36.3 Å². The highest BCUT2D eigenvalue weighted by Crippen LogP contribution is 2.15. The van der Waals surface area contributed by atoms with Crippen LogP contribution in [0.2, 0.25) is 0 Å². The van der Waals surface area contributed by atoms with Gasteiger partial charge in [0.05, 0.1) is 7.11 Å². The summed E-state index contributed by atoms with van der Waals surface area (Å²) in [4.78, 5) is 27.0. The minimum Gasteiger partial charge on any atom is -0.497 e. The second-order valence-electron chi connectivity index (χ2n) is 6.61. The topological polar surface area (TPSA) is 84.7 Å². The molecule has 1 heterocycles. The second-order valence-corrected chi connectivity index (χ2v) is 6.61. The maximum absolute atomic E-state index is 12.8. The summed E-state index contributed by atoms with van der Waals surface area (Å²) in [6.45, 7) is 5.12. The van der Waals surface area contributed by atoms with E-state index in [0.717, 1.165) is 12.8 Å². The van der Waals surface area contributed by atoms with Crippen LogP contribution in [0, 0.1) is 5.92 Å². The first-order chi connectivity index (χ1) is 11.4. The van der Waals surface area contributed by atoms with Crippen molar-refractivity contribution in [3.05, 3.63) is 29.8 Å². The third kappa shape index (κ3) is 5.61. The van der Waals surface area contributed by atoms with Crippen LogP contribution in [0.25, 0.3) is 0 Å². The van der Waals surface area contributed by atoms with E-state index >= 15 is 0 Å². The summed E-state index contributed by atoms with van der Waals surface area (Å²) in [5.41, 5.74) is 6.47. The molecule has 2 unspecified atom stereocenters. The van der Waals surface area contributed by atoms with Crippen molar-refractivity contribution in [2.24, 2.45) is 11.7 Å². The number of ether oxygens (including phenoxy) is 1. The van der Waals surface area contributed by atoms with Gasteiger partial charge in [-0.05, 0) is 43.0 Å². The molecule has 0 radical (unpaired) electrons. The number of carbonyl (C=O) groups excluding carboxylic acids is 2. The van der Waals surface area contributed by atoms with E-state index in [2.05, 4.69) is 5.32 Å². The quantitative estimate of drug-likeness (QED) is 0.829. The molecule has 1 aromatic carbocycles. The Hall–Kier alpha value is -1.79. The molecule has 0 bridgehead atoms. The zero-order valence-electron chi connectivity index (χ0n) is 15.0. The molecule has 2 atom stereocenters. The highest BCUT2D eigenvalue weighted by atomic mass is 35.5. The van der Waals surface area contributed by atoms with Crippen LogP contribution in [-0.2, 0) is 4.79 Å². The number of nitrogens with one attached hydrogen (secondary N) is 1. The predicted octanol–water partition coefficient (Wildman–Crippen LogP) is 1.82. The summed E-state index contributed by atoms with van der Waals surface area (Å²) >= 11 is 0. The average molecular weight is 370 g/mol. The minimum absolute atomic E-state index is 0. The van der Waals surface area contributed by atoms with Gasteiger partial charge in [0.25, 0.3) is 5.91 Å². The van der Waals surface area contributed by atoms with Gasteiger partial charge in [-0.1, -0.05) is 13.8 Å². The summed E-state index contributed by atoms with van der Waals surface area (Å²) in [5.74, 6) is 0.371. The molecule has 1 aliphatic heterocycles. The third-order valence-electron chi connectivity index (χ3n) is 4.34. The maximum atomic E-state index is 12.8. The van der Waals surface area contributed by atoms with Gasteiger partial charge in [-0.3, -0.25) is 9.59 Å². The standard InChI is InChI=1S/C18H27N3O3.ClH/c1-12(2)16(18(23)21-10-4-5-14(19)11-21)20-17(22)13-6-8-15(24-3)9-7-13;/h6-9,12,14,16H,4-5,10-11,19H2,1-3H3,(H,20,22);1H. The molecule has 3 N–H and O–H groups in total. The van der Waals surface area contributed by atoms with Crippen molar-refractivity contribution in [1.29, 1.82) is 0 Å². The van der Waals surface area contributed by atoms with Gasteiger partial charge >= 0.3 is 0 Å². The number of benzene rings is 1. The summed E-state index contributed by atoms with van der Waals surface area (Å²) in [7, 11) is 1.58. The van der Waals surface area contributed by atoms with Gasteiger partial charge in [0.1, 0.15) is 11.8 Å².